The Hall–Kier alpha value is -0.520. The lowest BCUT2D eigenvalue weighted by Crippen LogP contribution is -2.44. The molecule has 2 nitrogen and oxygen atoms in total. The zero-order valence-electron chi connectivity index (χ0n) is 11.5. The third-order valence-electron chi connectivity index (χ3n) is 4.01. The lowest BCUT2D eigenvalue weighted by Gasteiger charge is -2.37. The largest absolute Gasteiger partial charge is 0.484 e. The second-order valence-corrected chi connectivity index (χ2v) is 6.96. The van der Waals surface area contributed by atoms with Gasteiger partial charge in [-0.1, -0.05) is 0 Å². The second-order valence-electron chi connectivity index (χ2n) is 5.59. The molecule has 0 aliphatic carbocycles. The van der Waals surface area contributed by atoms with Gasteiger partial charge in [0.25, 0.3) is 0 Å². The second kappa shape index (κ2) is 6.31. The minimum atomic E-state index is -0.688. The summed E-state index contributed by atoms with van der Waals surface area (Å²) in [6, 6.07) is 2.46. The minimum Gasteiger partial charge on any atom is -0.484 e. The summed E-state index contributed by atoms with van der Waals surface area (Å²) in [5.41, 5.74) is 0.242. The molecule has 0 N–H and O–H groups in total. The number of hydrogen-bond acceptors (Lipinski definition) is 3. The van der Waals surface area contributed by atoms with Crippen molar-refractivity contribution in [3.8, 4) is 5.75 Å². The van der Waals surface area contributed by atoms with Crippen LogP contribution in [0.3, 0.4) is 0 Å². The molecule has 21 heavy (non-hydrogen) atoms. The Labute approximate surface area is 132 Å². The normalized spacial score (nSPS) is 29.0. The van der Waals surface area contributed by atoms with Crippen LogP contribution in [-0.4, -0.2) is 29.8 Å². The molecular weight excluding hydrogens is 318 g/mol. The first-order valence-corrected chi connectivity index (χ1v) is 8.73. The quantitative estimate of drug-likeness (QED) is 0.774. The highest BCUT2D eigenvalue weighted by atomic mass is 35.5. The van der Waals surface area contributed by atoms with Crippen LogP contribution in [0.25, 0.3) is 0 Å². The van der Waals surface area contributed by atoms with Crippen molar-refractivity contribution in [2.75, 3.05) is 18.1 Å². The third-order valence-corrected chi connectivity index (χ3v) is 5.54. The highest BCUT2D eigenvalue weighted by molar-refractivity contribution is 7.99. The van der Waals surface area contributed by atoms with Gasteiger partial charge in [-0.25, -0.2) is 8.78 Å². The van der Waals surface area contributed by atoms with Gasteiger partial charge in [-0.2, -0.15) is 11.8 Å². The van der Waals surface area contributed by atoms with Crippen LogP contribution >= 0.6 is 23.4 Å². The lowest BCUT2D eigenvalue weighted by molar-refractivity contribution is -0.0969. The fourth-order valence-corrected chi connectivity index (χ4v) is 4.45. The molecule has 0 aromatic heterocycles. The topological polar surface area (TPSA) is 18.5 Å². The van der Waals surface area contributed by atoms with Crippen molar-refractivity contribution >= 4 is 23.4 Å². The van der Waals surface area contributed by atoms with E-state index in [2.05, 4.69) is 0 Å². The number of thioether (sulfide) groups is 1. The van der Waals surface area contributed by atoms with E-state index in [9.17, 15) is 8.78 Å². The van der Waals surface area contributed by atoms with Gasteiger partial charge in [0.05, 0.1) is 12.2 Å². The van der Waals surface area contributed by atoms with Crippen LogP contribution < -0.4 is 4.74 Å². The molecule has 2 aliphatic rings. The fraction of sp³-hybridized carbons (Fsp3) is 0.600. The molecule has 6 heteroatoms. The monoisotopic (exact) mass is 334 g/mol. The first-order valence-electron chi connectivity index (χ1n) is 7.04. The number of ether oxygens (including phenoxy) is 2. The van der Waals surface area contributed by atoms with Crippen LogP contribution in [0.4, 0.5) is 8.78 Å². The van der Waals surface area contributed by atoms with E-state index in [1.54, 1.807) is 0 Å². The Morgan fingerprint density at radius 2 is 2.14 bits per heavy atom. The standard InChI is InChI=1S/C15H17ClF2O2S/c16-8-10-5-12(17)14(13(18)6-10)20-11-1-3-19-15(7-11)2-4-21-9-15/h5-6,11H,1-4,7-9H2. The number of benzene rings is 1. The molecule has 1 aromatic carbocycles. The zero-order chi connectivity index (χ0) is 14.9. The molecule has 0 radical (unpaired) electrons. The van der Waals surface area contributed by atoms with E-state index in [0.717, 1.165) is 17.9 Å². The van der Waals surface area contributed by atoms with Gasteiger partial charge in [-0.05, 0) is 29.9 Å². The maximum atomic E-state index is 14.0. The first kappa shape index (κ1) is 15.4. The van der Waals surface area contributed by atoms with Gasteiger partial charge >= 0.3 is 0 Å². The summed E-state index contributed by atoms with van der Waals surface area (Å²) in [7, 11) is 0. The van der Waals surface area contributed by atoms with Gasteiger partial charge in [0.2, 0.25) is 0 Å². The van der Waals surface area contributed by atoms with Crippen LogP contribution in [-0.2, 0) is 10.6 Å². The molecule has 2 unspecified atom stereocenters. The smallest absolute Gasteiger partial charge is 0.191 e. The summed E-state index contributed by atoms with van der Waals surface area (Å²) in [6.45, 7) is 0.578. The predicted molar refractivity (Wildman–Crippen MR) is 80.2 cm³/mol. The van der Waals surface area contributed by atoms with Crippen molar-refractivity contribution in [2.45, 2.75) is 36.8 Å². The summed E-state index contributed by atoms with van der Waals surface area (Å²) in [6.07, 6.45) is 2.12. The molecule has 2 saturated heterocycles. The summed E-state index contributed by atoms with van der Waals surface area (Å²) in [4.78, 5) is 0. The molecule has 1 aromatic rings. The van der Waals surface area contributed by atoms with Crippen molar-refractivity contribution in [2.24, 2.45) is 0 Å². The fourth-order valence-electron chi connectivity index (χ4n) is 2.92. The Bertz CT molecular complexity index is 497. The van der Waals surface area contributed by atoms with E-state index in [1.165, 1.54) is 12.1 Å². The molecule has 2 heterocycles. The maximum Gasteiger partial charge on any atom is 0.191 e. The summed E-state index contributed by atoms with van der Waals surface area (Å²) in [5, 5.41) is 0. The van der Waals surface area contributed by atoms with Gasteiger partial charge in [-0.3, -0.25) is 0 Å². The van der Waals surface area contributed by atoms with Crippen molar-refractivity contribution in [1.82, 2.24) is 0 Å². The number of hydrogen-bond donors (Lipinski definition) is 0. The molecule has 1 spiro atoms. The van der Waals surface area contributed by atoms with Gasteiger partial charge in [-0.15, -0.1) is 11.6 Å². The molecular formula is C15H17ClF2O2S. The first-order chi connectivity index (χ1) is 10.1. The molecule has 2 aliphatic heterocycles. The maximum absolute atomic E-state index is 14.0. The number of rotatable bonds is 3. The Morgan fingerprint density at radius 3 is 2.76 bits per heavy atom. The SMILES string of the molecule is Fc1cc(CCl)cc(F)c1OC1CCOC2(CCSC2)C1. The van der Waals surface area contributed by atoms with Crippen LogP contribution in [0.5, 0.6) is 5.75 Å². The summed E-state index contributed by atoms with van der Waals surface area (Å²) in [5.74, 6) is 0.407. The number of alkyl halides is 1. The molecule has 0 amide bonds. The van der Waals surface area contributed by atoms with Crippen LogP contribution in [0.2, 0.25) is 0 Å². The molecule has 2 fully saturated rings. The van der Waals surface area contributed by atoms with Crippen molar-refractivity contribution in [3.05, 3.63) is 29.3 Å². The molecule has 116 valence electrons. The van der Waals surface area contributed by atoms with Gasteiger partial charge in [0.15, 0.2) is 17.4 Å². The molecule has 0 saturated carbocycles. The molecule has 3 rings (SSSR count). The van der Waals surface area contributed by atoms with Crippen molar-refractivity contribution < 1.29 is 18.3 Å². The van der Waals surface area contributed by atoms with Gasteiger partial charge < -0.3 is 9.47 Å². The van der Waals surface area contributed by atoms with E-state index in [0.29, 0.717) is 25.0 Å². The lowest BCUT2D eigenvalue weighted by atomic mass is 9.91. The predicted octanol–water partition coefficient (Wildman–Crippen LogP) is 4.14. The average Bonchev–Trinajstić information content (AvgIpc) is 2.90. The summed E-state index contributed by atoms with van der Waals surface area (Å²) >= 11 is 7.46. The van der Waals surface area contributed by atoms with E-state index < -0.39 is 11.6 Å². The Kier molecular flexibility index (Phi) is 4.62. The zero-order valence-corrected chi connectivity index (χ0v) is 13.1. The minimum absolute atomic E-state index is 0.0751. The highest BCUT2D eigenvalue weighted by Gasteiger charge is 2.41. The van der Waals surface area contributed by atoms with E-state index in [1.807, 2.05) is 11.8 Å². The van der Waals surface area contributed by atoms with Gasteiger partial charge in [0.1, 0.15) is 6.10 Å². The van der Waals surface area contributed by atoms with Crippen LogP contribution in [0, 0.1) is 11.6 Å². The molecule has 0 bridgehead atoms. The van der Waals surface area contributed by atoms with E-state index >= 15 is 0 Å². The third kappa shape index (κ3) is 3.30. The van der Waals surface area contributed by atoms with Crippen LogP contribution in [0.15, 0.2) is 12.1 Å². The van der Waals surface area contributed by atoms with Crippen molar-refractivity contribution in [3.63, 3.8) is 0 Å². The summed E-state index contributed by atoms with van der Waals surface area (Å²) < 4.78 is 39.4. The Balaban J connectivity index is 1.74. The van der Waals surface area contributed by atoms with Crippen molar-refractivity contribution in [1.29, 1.82) is 0 Å². The van der Waals surface area contributed by atoms with Gasteiger partial charge in [0, 0.05) is 24.5 Å². The highest BCUT2D eigenvalue weighted by Crippen LogP contribution is 2.39. The number of halogens is 3. The van der Waals surface area contributed by atoms with E-state index in [-0.39, 0.29) is 23.3 Å². The average molecular weight is 335 g/mol. The van der Waals surface area contributed by atoms with Crippen LogP contribution in [0.1, 0.15) is 24.8 Å². The molecule has 2 atom stereocenters. The Morgan fingerprint density at radius 1 is 1.38 bits per heavy atom. The van der Waals surface area contributed by atoms with E-state index in [4.69, 9.17) is 21.1 Å².